The summed E-state index contributed by atoms with van der Waals surface area (Å²) in [7, 11) is 0. The number of nitrogens with one attached hydrogen (secondary N) is 1. The number of benzene rings is 1. The summed E-state index contributed by atoms with van der Waals surface area (Å²) in [5.74, 6) is 0. The number of rotatable bonds is 0. The monoisotopic (exact) mass is 343 g/mol. The summed E-state index contributed by atoms with van der Waals surface area (Å²) in [6.45, 7) is 0. The van der Waals surface area contributed by atoms with Crippen LogP contribution in [0.1, 0.15) is 0 Å². The van der Waals surface area contributed by atoms with E-state index in [9.17, 15) is 0 Å². The first-order valence-corrected chi connectivity index (χ1v) is 5.99. The fourth-order valence-corrected chi connectivity index (χ4v) is 1.58. The molecule has 0 amide bonds. The van der Waals surface area contributed by atoms with Crippen LogP contribution in [0.4, 0.5) is 0 Å². The van der Waals surface area contributed by atoms with Crippen molar-refractivity contribution < 1.29 is 4.42 Å². The number of thiocarbonyl (C=S) groups is 1. The Bertz CT molecular complexity index is 533. The second-order valence-corrected chi connectivity index (χ2v) is 5.39. The topological polar surface area (TPSA) is 28.9 Å². The van der Waals surface area contributed by atoms with Gasteiger partial charge in [0.25, 0.3) is 4.84 Å². The molecule has 0 fully saturated rings. The Labute approximate surface area is 115 Å². The third-order valence-electron chi connectivity index (χ3n) is 1.40. The molecule has 0 radical (unpaired) electrons. The van der Waals surface area contributed by atoms with Gasteiger partial charge in [0, 0.05) is 0 Å². The summed E-state index contributed by atoms with van der Waals surface area (Å²) >= 11 is 21.8. The van der Waals surface area contributed by atoms with Crippen LogP contribution in [0.2, 0.25) is 0 Å². The maximum Gasteiger partial charge on any atom is 0.266 e. The molecule has 0 saturated heterocycles. The molecule has 2 rings (SSSR count). The predicted octanol–water partition coefficient (Wildman–Crippen LogP) is 5.00. The van der Waals surface area contributed by atoms with Gasteiger partial charge < -0.3 is 9.40 Å². The molecule has 1 N–H and O–H groups in total. The van der Waals surface area contributed by atoms with Crippen LogP contribution in [0.3, 0.4) is 0 Å². The fraction of sp³-hybridized carbons (Fsp3) is 0. The summed E-state index contributed by atoms with van der Waals surface area (Å²) in [5, 5.41) is 0. The molecule has 1 heterocycles. The van der Waals surface area contributed by atoms with Gasteiger partial charge >= 0.3 is 0 Å². The first-order valence-electron chi connectivity index (χ1n) is 3.63. The average Bonchev–Trinajstić information content (AvgIpc) is 2.46. The molecule has 1 aromatic carbocycles. The number of hydrogen-bond acceptors (Lipinski definition) is 3. The standard InChI is InChI=1S/C7H4BrNOS.CCl2S/c8-4-2-1-3-5-6(4)10-7(11)9-5;2-1(3)4/h1-3H,(H,9,11);. The van der Waals surface area contributed by atoms with Crippen LogP contribution >= 0.6 is 63.6 Å². The van der Waals surface area contributed by atoms with Crippen molar-refractivity contribution in [2.24, 2.45) is 0 Å². The summed E-state index contributed by atoms with van der Waals surface area (Å²) in [6, 6.07) is 5.75. The van der Waals surface area contributed by atoms with Crippen LogP contribution < -0.4 is 0 Å². The molecule has 2 nitrogen and oxygen atoms in total. The lowest BCUT2D eigenvalue weighted by molar-refractivity contribution is 0.582. The Morgan fingerprint density at radius 2 is 2.00 bits per heavy atom. The minimum atomic E-state index is -0.0556. The third-order valence-corrected chi connectivity index (χ3v) is 2.21. The van der Waals surface area contributed by atoms with Crippen molar-refractivity contribution in [2.75, 3.05) is 0 Å². The quantitative estimate of drug-likeness (QED) is 0.538. The average molecular weight is 345 g/mol. The first kappa shape index (κ1) is 13.1. The molecule has 80 valence electrons. The Hall–Kier alpha value is 0.0600. The zero-order valence-electron chi connectivity index (χ0n) is 7.09. The smallest absolute Gasteiger partial charge is 0.266 e. The van der Waals surface area contributed by atoms with Crippen molar-refractivity contribution in [1.82, 2.24) is 4.98 Å². The number of oxazole rings is 1. The molecule has 2 aromatic rings. The van der Waals surface area contributed by atoms with Gasteiger partial charge in [-0.15, -0.1) is 0 Å². The molecular formula is C8H4BrCl2NOS2. The SMILES string of the molecule is S=C(Cl)Cl.S=c1[nH]c2cccc(Br)c2o1. The maximum atomic E-state index is 5.21. The molecule has 7 heteroatoms. The maximum absolute atomic E-state index is 5.21. The second kappa shape index (κ2) is 5.96. The number of aromatic amines is 1. The number of para-hydroxylation sites is 1. The predicted molar refractivity (Wildman–Crippen MR) is 73.4 cm³/mol. The number of aromatic nitrogens is 1. The summed E-state index contributed by atoms with van der Waals surface area (Å²) in [6.07, 6.45) is 0. The molecular weight excluding hydrogens is 341 g/mol. The highest BCUT2D eigenvalue weighted by Gasteiger charge is 2.00. The van der Waals surface area contributed by atoms with Gasteiger partial charge in [-0.05, 0) is 40.3 Å². The number of halogens is 3. The third kappa shape index (κ3) is 4.20. The van der Waals surface area contributed by atoms with Gasteiger partial charge in [-0.25, -0.2) is 0 Å². The van der Waals surface area contributed by atoms with Crippen molar-refractivity contribution >= 4 is 78.5 Å². The Morgan fingerprint density at radius 3 is 2.53 bits per heavy atom. The van der Waals surface area contributed by atoms with E-state index in [4.69, 9.17) is 39.8 Å². The molecule has 0 saturated carbocycles. The van der Waals surface area contributed by atoms with Gasteiger partial charge in [0.1, 0.15) is 0 Å². The fourth-order valence-electron chi connectivity index (χ4n) is 0.939. The molecule has 15 heavy (non-hydrogen) atoms. The molecule has 0 aliphatic heterocycles. The lowest BCUT2D eigenvalue weighted by Crippen LogP contribution is -1.66. The van der Waals surface area contributed by atoms with E-state index in [1.54, 1.807) is 0 Å². The van der Waals surface area contributed by atoms with Gasteiger partial charge in [0.15, 0.2) is 9.37 Å². The van der Waals surface area contributed by atoms with Crippen LogP contribution in [0, 0.1) is 4.84 Å². The molecule has 1 aromatic heterocycles. The van der Waals surface area contributed by atoms with Crippen LogP contribution in [0.25, 0.3) is 11.1 Å². The summed E-state index contributed by atoms with van der Waals surface area (Å²) in [4.78, 5) is 3.33. The number of hydrogen-bond donors (Lipinski definition) is 1. The van der Waals surface area contributed by atoms with E-state index in [1.165, 1.54) is 0 Å². The van der Waals surface area contributed by atoms with E-state index in [-0.39, 0.29) is 3.78 Å². The van der Waals surface area contributed by atoms with E-state index >= 15 is 0 Å². The summed E-state index contributed by atoms with van der Waals surface area (Å²) in [5.41, 5.74) is 1.70. The van der Waals surface area contributed by atoms with E-state index in [0.717, 1.165) is 15.6 Å². The molecule has 0 aliphatic rings. The first-order chi connectivity index (χ1) is 7.00. The van der Waals surface area contributed by atoms with Gasteiger partial charge in [-0.3, -0.25) is 0 Å². The highest BCUT2D eigenvalue weighted by Crippen LogP contribution is 2.22. The van der Waals surface area contributed by atoms with E-state index in [1.807, 2.05) is 18.2 Å². The Balaban J connectivity index is 0.000000245. The minimum Gasteiger partial charge on any atom is -0.428 e. The molecule has 0 spiro atoms. The van der Waals surface area contributed by atoms with E-state index < -0.39 is 0 Å². The van der Waals surface area contributed by atoms with Crippen LogP contribution in [-0.2, 0) is 0 Å². The summed E-state index contributed by atoms with van der Waals surface area (Å²) < 4.78 is 6.07. The van der Waals surface area contributed by atoms with Crippen molar-refractivity contribution in [1.29, 1.82) is 0 Å². The van der Waals surface area contributed by atoms with E-state index in [0.29, 0.717) is 4.84 Å². The van der Waals surface area contributed by atoms with Crippen molar-refractivity contribution in [3.63, 3.8) is 0 Å². The largest absolute Gasteiger partial charge is 0.428 e. The van der Waals surface area contributed by atoms with Crippen LogP contribution in [0.15, 0.2) is 27.1 Å². The molecule has 0 atom stereocenters. The highest BCUT2D eigenvalue weighted by atomic mass is 79.9. The van der Waals surface area contributed by atoms with Crippen LogP contribution in [0.5, 0.6) is 0 Å². The lowest BCUT2D eigenvalue weighted by atomic mass is 10.3. The lowest BCUT2D eigenvalue weighted by Gasteiger charge is -1.87. The number of fused-ring (bicyclic) bond motifs is 1. The molecule has 0 aliphatic carbocycles. The molecule has 0 bridgehead atoms. The zero-order chi connectivity index (χ0) is 11.4. The highest BCUT2D eigenvalue weighted by molar-refractivity contribution is 9.10. The van der Waals surface area contributed by atoms with Crippen LogP contribution in [-0.4, -0.2) is 8.77 Å². The van der Waals surface area contributed by atoms with Crippen molar-refractivity contribution in [3.8, 4) is 0 Å². The van der Waals surface area contributed by atoms with Crippen molar-refractivity contribution in [3.05, 3.63) is 27.5 Å². The van der Waals surface area contributed by atoms with Gasteiger partial charge in [-0.1, -0.05) is 41.5 Å². The van der Waals surface area contributed by atoms with Crippen molar-refractivity contribution in [2.45, 2.75) is 0 Å². The van der Waals surface area contributed by atoms with Gasteiger partial charge in [0.2, 0.25) is 0 Å². The minimum absolute atomic E-state index is 0.0556. The Kier molecular flexibility index (Phi) is 5.22. The van der Waals surface area contributed by atoms with Gasteiger partial charge in [0.05, 0.1) is 9.99 Å². The zero-order valence-corrected chi connectivity index (χ0v) is 11.8. The van der Waals surface area contributed by atoms with E-state index in [2.05, 4.69) is 33.1 Å². The Morgan fingerprint density at radius 1 is 1.40 bits per heavy atom. The second-order valence-electron chi connectivity index (χ2n) is 2.36. The number of H-pyrrole nitrogens is 1. The molecule has 0 unspecified atom stereocenters. The van der Waals surface area contributed by atoms with Gasteiger partial charge in [-0.2, -0.15) is 0 Å². The normalized spacial score (nSPS) is 9.53.